The highest BCUT2D eigenvalue weighted by Gasteiger charge is 2.47. The van der Waals surface area contributed by atoms with E-state index in [1.165, 1.54) is 11.1 Å². The molecule has 3 atom stereocenters. The first kappa shape index (κ1) is 18.9. The van der Waals surface area contributed by atoms with Crippen LogP contribution in [-0.4, -0.2) is 62.6 Å². The number of carbonyl (C=O) groups excluding carboxylic acids is 1. The summed E-state index contributed by atoms with van der Waals surface area (Å²) in [6.07, 6.45) is 1.59. The van der Waals surface area contributed by atoms with Gasteiger partial charge in [0.05, 0.1) is 6.54 Å². The van der Waals surface area contributed by atoms with Crippen LogP contribution in [0.4, 0.5) is 0 Å². The average Bonchev–Trinajstić information content (AvgIpc) is 3.46. The largest absolute Gasteiger partial charge is 0.338 e. The Labute approximate surface area is 176 Å². The van der Waals surface area contributed by atoms with Crippen molar-refractivity contribution in [3.05, 3.63) is 77.1 Å². The summed E-state index contributed by atoms with van der Waals surface area (Å²) in [5, 5.41) is 11.2. The van der Waals surface area contributed by atoms with E-state index in [0.29, 0.717) is 24.4 Å². The van der Waals surface area contributed by atoms with Crippen molar-refractivity contribution in [2.75, 3.05) is 26.7 Å². The lowest BCUT2D eigenvalue weighted by Gasteiger charge is -2.28. The Hall–Kier alpha value is -3.06. The fraction of sp³-hybridized carbons (Fsp3) is 0.391. The van der Waals surface area contributed by atoms with Gasteiger partial charge < -0.3 is 4.90 Å². The van der Waals surface area contributed by atoms with Crippen molar-refractivity contribution < 1.29 is 4.79 Å². The van der Waals surface area contributed by atoms with E-state index in [9.17, 15) is 4.79 Å². The van der Waals surface area contributed by atoms with Gasteiger partial charge >= 0.3 is 0 Å². The van der Waals surface area contributed by atoms with Crippen molar-refractivity contribution in [1.29, 1.82) is 0 Å². The Balaban J connectivity index is 1.30. The maximum absolute atomic E-state index is 13.2. The molecule has 0 bridgehead atoms. The highest BCUT2D eigenvalue weighted by Crippen LogP contribution is 2.45. The third-order valence-electron chi connectivity index (χ3n) is 6.63. The maximum atomic E-state index is 13.2. The summed E-state index contributed by atoms with van der Waals surface area (Å²) in [7, 11) is 2.21. The predicted molar refractivity (Wildman–Crippen MR) is 113 cm³/mol. The van der Waals surface area contributed by atoms with E-state index >= 15 is 0 Å². The molecule has 2 aliphatic rings. The lowest BCUT2D eigenvalue weighted by atomic mass is 9.88. The Morgan fingerprint density at radius 1 is 1.07 bits per heavy atom. The molecule has 5 rings (SSSR count). The molecule has 3 aromatic rings. The maximum Gasteiger partial charge on any atom is 0.253 e. The van der Waals surface area contributed by atoms with Gasteiger partial charge in [-0.3, -0.25) is 9.69 Å². The summed E-state index contributed by atoms with van der Waals surface area (Å²) in [6.45, 7) is 5.48. The molecule has 1 aromatic heterocycles. The molecule has 2 saturated heterocycles. The number of amides is 1. The Morgan fingerprint density at radius 2 is 1.87 bits per heavy atom. The third-order valence-corrected chi connectivity index (χ3v) is 6.63. The normalized spacial score (nSPS) is 23.7. The molecule has 3 heterocycles. The second-order valence-corrected chi connectivity index (χ2v) is 8.58. The molecule has 2 aliphatic heterocycles. The zero-order valence-corrected chi connectivity index (χ0v) is 17.3. The zero-order chi connectivity index (χ0) is 20.7. The van der Waals surface area contributed by atoms with Gasteiger partial charge in [0.25, 0.3) is 5.91 Å². The van der Waals surface area contributed by atoms with E-state index in [1.54, 1.807) is 11.0 Å². The molecule has 7 heteroatoms. The molecular weight excluding hydrogens is 376 g/mol. The number of benzene rings is 2. The van der Waals surface area contributed by atoms with Crippen LogP contribution in [0.1, 0.15) is 33.1 Å². The minimum absolute atomic E-state index is 0.129. The molecular formula is C23H26N6O. The molecule has 0 aliphatic carbocycles. The first-order valence-electron chi connectivity index (χ1n) is 10.4. The van der Waals surface area contributed by atoms with Crippen molar-refractivity contribution in [3.8, 4) is 0 Å². The molecule has 0 radical (unpaired) electrons. The van der Waals surface area contributed by atoms with Gasteiger partial charge in [0.1, 0.15) is 6.33 Å². The van der Waals surface area contributed by atoms with Gasteiger partial charge in [0, 0.05) is 37.2 Å². The molecule has 0 unspecified atom stereocenters. The number of likely N-dealkylation sites (tertiary alicyclic amines) is 2. The van der Waals surface area contributed by atoms with Crippen LogP contribution in [0, 0.1) is 18.8 Å². The molecule has 2 fully saturated rings. The third kappa shape index (κ3) is 3.39. The lowest BCUT2D eigenvalue weighted by molar-refractivity contribution is 0.0768. The molecule has 7 nitrogen and oxygen atoms in total. The standard InChI is InChI=1S/C23H26N6O/c1-16-5-3-4-6-20(16)22-21-14-28(13-19(21)12-27(22)2)23(30)18-9-7-17(8-10-18)11-29-15-24-25-26-29/h3-10,15,19,21-22H,11-14H2,1-2H3/t19-,21+,22-/m0/s1. The van der Waals surface area contributed by atoms with Crippen molar-refractivity contribution in [2.45, 2.75) is 19.5 Å². The zero-order valence-electron chi connectivity index (χ0n) is 17.3. The van der Waals surface area contributed by atoms with Crippen molar-refractivity contribution in [1.82, 2.24) is 30.0 Å². The molecule has 0 spiro atoms. The monoisotopic (exact) mass is 402 g/mol. The van der Waals surface area contributed by atoms with Crippen molar-refractivity contribution >= 4 is 5.91 Å². The minimum atomic E-state index is 0.129. The summed E-state index contributed by atoms with van der Waals surface area (Å²) in [6, 6.07) is 16.8. The molecule has 1 amide bonds. The van der Waals surface area contributed by atoms with Crippen LogP contribution in [0.5, 0.6) is 0 Å². The number of hydrogen-bond acceptors (Lipinski definition) is 5. The first-order valence-corrected chi connectivity index (χ1v) is 10.4. The first-order chi connectivity index (χ1) is 14.6. The van der Waals surface area contributed by atoms with Crippen molar-refractivity contribution in [3.63, 3.8) is 0 Å². The van der Waals surface area contributed by atoms with Gasteiger partial charge in [-0.05, 0) is 59.1 Å². The summed E-state index contributed by atoms with van der Waals surface area (Å²) in [5.74, 6) is 1.14. The number of rotatable bonds is 4. The second-order valence-electron chi connectivity index (χ2n) is 8.58. The Morgan fingerprint density at radius 3 is 2.60 bits per heavy atom. The van der Waals surface area contributed by atoms with Gasteiger partial charge in [0.2, 0.25) is 0 Å². The number of tetrazole rings is 1. The highest BCUT2D eigenvalue weighted by molar-refractivity contribution is 5.94. The number of fused-ring (bicyclic) bond motifs is 1. The van der Waals surface area contributed by atoms with Crippen LogP contribution in [-0.2, 0) is 6.54 Å². The average molecular weight is 403 g/mol. The van der Waals surface area contributed by atoms with Gasteiger partial charge in [-0.1, -0.05) is 36.4 Å². The van der Waals surface area contributed by atoms with E-state index in [0.717, 1.165) is 30.8 Å². The van der Waals surface area contributed by atoms with E-state index < -0.39 is 0 Å². The number of aromatic nitrogens is 4. The fourth-order valence-electron chi connectivity index (χ4n) is 5.19. The summed E-state index contributed by atoms with van der Waals surface area (Å²) in [4.78, 5) is 17.7. The van der Waals surface area contributed by atoms with Crippen LogP contribution in [0.3, 0.4) is 0 Å². The smallest absolute Gasteiger partial charge is 0.253 e. The van der Waals surface area contributed by atoms with Gasteiger partial charge in [-0.25, -0.2) is 4.68 Å². The van der Waals surface area contributed by atoms with Crippen LogP contribution in [0.2, 0.25) is 0 Å². The molecule has 154 valence electrons. The number of hydrogen-bond donors (Lipinski definition) is 0. The van der Waals surface area contributed by atoms with E-state index in [2.05, 4.69) is 58.7 Å². The summed E-state index contributed by atoms with van der Waals surface area (Å²) in [5.41, 5.74) is 4.54. The predicted octanol–water partition coefficient (Wildman–Crippen LogP) is 2.40. The molecule has 2 aromatic carbocycles. The second kappa shape index (κ2) is 7.65. The number of aryl methyl sites for hydroxylation is 1. The van der Waals surface area contributed by atoms with Crippen molar-refractivity contribution in [2.24, 2.45) is 11.8 Å². The molecule has 30 heavy (non-hydrogen) atoms. The van der Waals surface area contributed by atoms with Crippen LogP contribution >= 0.6 is 0 Å². The SMILES string of the molecule is Cc1ccccc1[C@H]1[C@@H]2CN(C(=O)c3ccc(Cn4cnnn4)cc3)C[C@@H]2CN1C. The minimum Gasteiger partial charge on any atom is -0.338 e. The topological polar surface area (TPSA) is 67.2 Å². The lowest BCUT2D eigenvalue weighted by Crippen LogP contribution is -2.33. The van der Waals surface area contributed by atoms with Crippen LogP contribution < -0.4 is 0 Å². The van der Waals surface area contributed by atoms with E-state index in [-0.39, 0.29) is 5.91 Å². The van der Waals surface area contributed by atoms with Crippen LogP contribution in [0.25, 0.3) is 0 Å². The number of nitrogens with zero attached hydrogens (tertiary/aromatic N) is 6. The van der Waals surface area contributed by atoms with Gasteiger partial charge in [-0.2, -0.15) is 0 Å². The van der Waals surface area contributed by atoms with Gasteiger partial charge in [-0.15, -0.1) is 5.10 Å². The van der Waals surface area contributed by atoms with E-state index in [4.69, 9.17) is 0 Å². The highest BCUT2D eigenvalue weighted by atomic mass is 16.2. The molecule has 0 N–H and O–H groups in total. The number of carbonyl (C=O) groups is 1. The quantitative estimate of drug-likeness (QED) is 0.670. The van der Waals surface area contributed by atoms with E-state index in [1.807, 2.05) is 29.2 Å². The Kier molecular flexibility index (Phi) is 4.83. The molecule has 0 saturated carbocycles. The fourth-order valence-corrected chi connectivity index (χ4v) is 5.19. The summed E-state index contributed by atoms with van der Waals surface area (Å²) >= 11 is 0. The Bertz CT molecular complexity index is 1030. The van der Waals surface area contributed by atoms with Crippen LogP contribution in [0.15, 0.2) is 54.9 Å². The summed E-state index contributed by atoms with van der Waals surface area (Å²) < 4.78 is 1.67. The van der Waals surface area contributed by atoms with Gasteiger partial charge in [0.15, 0.2) is 0 Å².